The van der Waals surface area contributed by atoms with Crippen molar-refractivity contribution in [3.8, 4) is 0 Å². The lowest BCUT2D eigenvalue weighted by Crippen LogP contribution is -2.03. The summed E-state index contributed by atoms with van der Waals surface area (Å²) in [6, 6.07) is 1.54. The minimum atomic E-state index is -1.04. The maximum atomic E-state index is 10.9. The van der Waals surface area contributed by atoms with Gasteiger partial charge < -0.3 is 14.4 Å². The Kier molecular flexibility index (Phi) is 5.60. The molecule has 0 saturated carbocycles. The van der Waals surface area contributed by atoms with Gasteiger partial charge in [-0.05, 0) is 12.5 Å². The summed E-state index contributed by atoms with van der Waals surface area (Å²) in [5.41, 5.74) is 0.800. The highest BCUT2D eigenvalue weighted by molar-refractivity contribution is 6.35. The molecule has 0 unspecified atom stereocenters. The van der Waals surface area contributed by atoms with Crippen LogP contribution in [0.5, 0.6) is 0 Å². The number of carboxylic acids is 1. The third kappa shape index (κ3) is 3.37. The van der Waals surface area contributed by atoms with Gasteiger partial charge in [0.15, 0.2) is 0 Å². The molecule has 2 aromatic rings. The van der Waals surface area contributed by atoms with Crippen LogP contribution in [-0.4, -0.2) is 34.3 Å². The molecule has 5 nitrogen and oxygen atoms in total. The van der Waals surface area contributed by atoms with Crippen molar-refractivity contribution >= 4 is 40.9 Å². The van der Waals surface area contributed by atoms with E-state index in [4.69, 9.17) is 21.4 Å². The molecule has 2 heterocycles. The molecule has 0 aliphatic carbocycles. The lowest BCUT2D eigenvalue weighted by atomic mass is 10.3. The number of ether oxygens (including phenoxy) is 1. The summed E-state index contributed by atoms with van der Waals surface area (Å²) < 4.78 is 6.91. The number of aryl methyl sites for hydroxylation is 1. The zero-order chi connectivity index (χ0) is 13.1. The molecule has 2 rings (SSSR count). The molecule has 0 aliphatic rings. The second-order valence-corrected chi connectivity index (χ2v) is 4.32. The van der Waals surface area contributed by atoms with Crippen LogP contribution in [0.2, 0.25) is 5.02 Å². The van der Waals surface area contributed by atoms with Gasteiger partial charge in [0.2, 0.25) is 0 Å². The number of rotatable bonds is 5. The monoisotopic (exact) mass is 304 g/mol. The number of nitrogens with zero attached hydrogens (tertiary/aromatic N) is 2. The van der Waals surface area contributed by atoms with Gasteiger partial charge in [0.1, 0.15) is 5.69 Å². The van der Waals surface area contributed by atoms with Gasteiger partial charge in [0.25, 0.3) is 0 Å². The van der Waals surface area contributed by atoms with Gasteiger partial charge in [-0.3, -0.25) is 0 Å². The van der Waals surface area contributed by atoms with E-state index in [-0.39, 0.29) is 18.1 Å². The molecule has 0 bridgehead atoms. The van der Waals surface area contributed by atoms with Crippen LogP contribution in [-0.2, 0) is 11.3 Å². The maximum absolute atomic E-state index is 10.9. The molecule has 0 amide bonds. The van der Waals surface area contributed by atoms with Crippen molar-refractivity contribution in [2.24, 2.45) is 0 Å². The van der Waals surface area contributed by atoms with E-state index in [1.165, 1.54) is 12.3 Å². The fourth-order valence-corrected chi connectivity index (χ4v) is 2.09. The number of fused-ring (bicyclic) bond motifs is 1. The predicted molar refractivity (Wildman–Crippen MR) is 75.4 cm³/mol. The Morgan fingerprint density at radius 2 is 2.32 bits per heavy atom. The summed E-state index contributed by atoms with van der Waals surface area (Å²) >= 11 is 6.08. The summed E-state index contributed by atoms with van der Waals surface area (Å²) in [6.45, 7) is 1.37. The lowest BCUT2D eigenvalue weighted by Gasteiger charge is -2.04. The van der Waals surface area contributed by atoms with Crippen LogP contribution < -0.4 is 0 Å². The van der Waals surface area contributed by atoms with Gasteiger partial charge in [-0.2, -0.15) is 0 Å². The Balaban J connectivity index is 0.00000180. The van der Waals surface area contributed by atoms with E-state index in [1.807, 2.05) is 4.57 Å². The number of carbonyl (C=O) groups is 1. The Bertz CT molecular complexity index is 584. The molecule has 0 aliphatic heterocycles. The van der Waals surface area contributed by atoms with Crippen molar-refractivity contribution in [3.63, 3.8) is 0 Å². The van der Waals surface area contributed by atoms with Crippen LogP contribution in [0.15, 0.2) is 18.5 Å². The average Bonchev–Trinajstić information content (AvgIpc) is 2.66. The fraction of sp³-hybridized carbons (Fsp3) is 0.333. The summed E-state index contributed by atoms with van der Waals surface area (Å²) in [4.78, 5) is 14.8. The van der Waals surface area contributed by atoms with E-state index in [2.05, 4.69) is 4.98 Å². The largest absolute Gasteiger partial charge is 0.477 e. The zero-order valence-electron chi connectivity index (χ0n) is 10.3. The minimum Gasteiger partial charge on any atom is -0.477 e. The number of hydrogen-bond donors (Lipinski definition) is 1. The normalized spacial score (nSPS) is 10.4. The third-order valence-electron chi connectivity index (χ3n) is 2.68. The third-order valence-corrected chi connectivity index (χ3v) is 2.99. The molecule has 0 fully saturated rings. The standard InChI is InChI=1S/C12H13ClN2O3.ClH/c1-18-4-2-3-15-7-9(13)8-6-14-10(12(16)17)5-11(8)15;/h5-7H,2-4H2,1H3,(H,16,17);1H. The van der Waals surface area contributed by atoms with Gasteiger partial charge in [-0.15, -0.1) is 12.4 Å². The first kappa shape index (κ1) is 15.8. The Labute approximate surface area is 121 Å². The number of hydrogen-bond acceptors (Lipinski definition) is 3. The summed E-state index contributed by atoms with van der Waals surface area (Å²) in [6.07, 6.45) is 4.12. The number of methoxy groups -OCH3 is 1. The van der Waals surface area contributed by atoms with E-state index in [1.54, 1.807) is 13.3 Å². The molecular weight excluding hydrogens is 291 g/mol. The Morgan fingerprint density at radius 3 is 2.95 bits per heavy atom. The fourth-order valence-electron chi connectivity index (χ4n) is 1.82. The van der Waals surface area contributed by atoms with E-state index >= 15 is 0 Å². The highest BCUT2D eigenvalue weighted by Crippen LogP contribution is 2.25. The molecule has 0 atom stereocenters. The molecule has 104 valence electrons. The van der Waals surface area contributed by atoms with Gasteiger partial charge in [0.05, 0.1) is 10.5 Å². The predicted octanol–water partition coefficient (Wildman–Crippen LogP) is 2.85. The van der Waals surface area contributed by atoms with Gasteiger partial charge in [-0.1, -0.05) is 11.6 Å². The van der Waals surface area contributed by atoms with E-state index < -0.39 is 5.97 Å². The van der Waals surface area contributed by atoms with E-state index in [0.29, 0.717) is 11.6 Å². The summed E-state index contributed by atoms with van der Waals surface area (Å²) in [5.74, 6) is -1.04. The SMILES string of the molecule is COCCCn1cc(Cl)c2cnc(C(=O)O)cc21.Cl. The molecule has 2 aromatic heterocycles. The molecule has 7 heteroatoms. The van der Waals surface area contributed by atoms with Crippen molar-refractivity contribution in [3.05, 3.63) is 29.2 Å². The quantitative estimate of drug-likeness (QED) is 0.863. The van der Waals surface area contributed by atoms with Crippen molar-refractivity contribution in [2.45, 2.75) is 13.0 Å². The topological polar surface area (TPSA) is 64.4 Å². The highest BCUT2D eigenvalue weighted by atomic mass is 35.5. The first-order chi connectivity index (χ1) is 8.63. The van der Waals surface area contributed by atoms with Crippen LogP contribution in [0.4, 0.5) is 0 Å². The lowest BCUT2D eigenvalue weighted by molar-refractivity contribution is 0.0690. The number of aromatic nitrogens is 2. The van der Waals surface area contributed by atoms with Gasteiger partial charge in [0, 0.05) is 38.0 Å². The second-order valence-electron chi connectivity index (χ2n) is 3.91. The van der Waals surface area contributed by atoms with E-state index in [9.17, 15) is 4.79 Å². The molecule has 0 radical (unpaired) electrons. The molecular formula is C12H14Cl2N2O3. The smallest absolute Gasteiger partial charge is 0.354 e. The average molecular weight is 305 g/mol. The molecule has 0 aromatic carbocycles. The van der Waals surface area contributed by atoms with Gasteiger partial charge in [-0.25, -0.2) is 9.78 Å². The zero-order valence-corrected chi connectivity index (χ0v) is 11.9. The minimum absolute atomic E-state index is 0. The van der Waals surface area contributed by atoms with Crippen molar-refractivity contribution in [1.29, 1.82) is 0 Å². The van der Waals surface area contributed by atoms with Crippen LogP contribution in [0, 0.1) is 0 Å². The molecule has 0 saturated heterocycles. The Hall–Kier alpha value is -1.30. The second kappa shape index (κ2) is 6.75. The maximum Gasteiger partial charge on any atom is 0.354 e. The van der Waals surface area contributed by atoms with Crippen LogP contribution in [0.1, 0.15) is 16.9 Å². The highest BCUT2D eigenvalue weighted by Gasteiger charge is 2.11. The number of pyridine rings is 1. The molecule has 0 spiro atoms. The summed E-state index contributed by atoms with van der Waals surface area (Å²) in [5, 5.41) is 10.3. The van der Waals surface area contributed by atoms with Crippen LogP contribution in [0.25, 0.3) is 10.9 Å². The first-order valence-corrected chi connectivity index (χ1v) is 5.88. The number of halogens is 2. The first-order valence-electron chi connectivity index (χ1n) is 5.50. The Morgan fingerprint density at radius 1 is 1.58 bits per heavy atom. The molecule has 1 N–H and O–H groups in total. The molecule has 19 heavy (non-hydrogen) atoms. The number of aromatic carboxylic acids is 1. The van der Waals surface area contributed by atoms with E-state index in [0.717, 1.165) is 23.9 Å². The van der Waals surface area contributed by atoms with Crippen molar-refractivity contribution < 1.29 is 14.6 Å². The van der Waals surface area contributed by atoms with Crippen LogP contribution in [0.3, 0.4) is 0 Å². The van der Waals surface area contributed by atoms with Crippen molar-refractivity contribution in [1.82, 2.24) is 9.55 Å². The van der Waals surface area contributed by atoms with Crippen molar-refractivity contribution in [2.75, 3.05) is 13.7 Å². The summed E-state index contributed by atoms with van der Waals surface area (Å²) in [7, 11) is 1.65. The van der Waals surface area contributed by atoms with Crippen LogP contribution >= 0.6 is 24.0 Å². The number of carboxylic acid groups (broad SMARTS) is 1. The van der Waals surface area contributed by atoms with Gasteiger partial charge >= 0.3 is 5.97 Å².